The summed E-state index contributed by atoms with van der Waals surface area (Å²) in [6, 6.07) is 24.2. The molecule has 58 heavy (non-hydrogen) atoms. The van der Waals surface area contributed by atoms with Crippen LogP contribution in [0.4, 0.5) is 5.69 Å². The Morgan fingerprint density at radius 2 is 1.71 bits per heavy atom. The van der Waals surface area contributed by atoms with E-state index in [4.69, 9.17) is 9.26 Å². The van der Waals surface area contributed by atoms with Crippen LogP contribution in [0.1, 0.15) is 79.7 Å². The number of hydrogen-bond donors (Lipinski definition) is 3. The van der Waals surface area contributed by atoms with Gasteiger partial charge in [0.15, 0.2) is 0 Å². The molecule has 2 aliphatic heterocycles. The van der Waals surface area contributed by atoms with Gasteiger partial charge in [0.1, 0.15) is 24.2 Å². The smallest absolute Gasteiger partial charge is 0.292 e. The van der Waals surface area contributed by atoms with Gasteiger partial charge in [0, 0.05) is 61.0 Å². The van der Waals surface area contributed by atoms with Crippen molar-refractivity contribution >= 4 is 28.9 Å². The first-order chi connectivity index (χ1) is 27.9. The lowest BCUT2D eigenvalue weighted by atomic mass is 9.97. The van der Waals surface area contributed by atoms with E-state index in [1.54, 1.807) is 6.33 Å². The monoisotopic (exact) mass is 781 g/mol. The highest BCUT2D eigenvalue weighted by molar-refractivity contribution is 6.01. The number of imide groups is 1. The Kier molecular flexibility index (Phi) is 10.8. The number of ether oxygens (including phenoxy) is 1. The van der Waals surface area contributed by atoms with Crippen molar-refractivity contribution in [3.63, 3.8) is 0 Å². The highest BCUT2D eigenvalue weighted by atomic mass is 16.5. The van der Waals surface area contributed by atoms with Crippen molar-refractivity contribution in [1.82, 2.24) is 40.3 Å². The number of carbonyl (C=O) groups is 3. The molecule has 2 fully saturated rings. The minimum absolute atomic E-state index is 0.0220. The number of nitrogens with zero attached hydrogens (tertiary/aromatic N) is 6. The fourth-order valence-corrected chi connectivity index (χ4v) is 7.33. The summed E-state index contributed by atoms with van der Waals surface area (Å²) in [5.41, 5.74) is 8.57. The van der Waals surface area contributed by atoms with E-state index >= 15 is 0 Å². The summed E-state index contributed by atoms with van der Waals surface area (Å²) in [7, 11) is 0. The minimum atomic E-state index is -0.410. The zero-order valence-corrected chi connectivity index (χ0v) is 33.1. The van der Waals surface area contributed by atoms with Crippen molar-refractivity contribution in [3.8, 4) is 28.1 Å². The summed E-state index contributed by atoms with van der Waals surface area (Å²) >= 11 is 0. The number of likely N-dealkylation sites (tertiary alicyclic amines) is 1. The van der Waals surface area contributed by atoms with Crippen molar-refractivity contribution in [2.24, 2.45) is 0 Å². The van der Waals surface area contributed by atoms with Crippen LogP contribution in [0.15, 0.2) is 89.8 Å². The molecule has 0 aliphatic carbocycles. The quantitative estimate of drug-likeness (QED) is 0.127. The van der Waals surface area contributed by atoms with Crippen LogP contribution in [0, 0.1) is 6.92 Å². The summed E-state index contributed by atoms with van der Waals surface area (Å²) < 4.78 is 13.4. The van der Waals surface area contributed by atoms with Gasteiger partial charge in [-0.3, -0.25) is 24.6 Å². The number of benzene rings is 3. The molecular formula is C44H47N9O5. The summed E-state index contributed by atoms with van der Waals surface area (Å²) in [6.07, 6.45) is 6.45. The largest absolute Gasteiger partial charge is 0.490 e. The number of hydrogen-bond acceptors (Lipinski definition) is 11. The van der Waals surface area contributed by atoms with Gasteiger partial charge in [-0.05, 0) is 84.8 Å². The zero-order valence-electron chi connectivity index (χ0n) is 33.1. The van der Waals surface area contributed by atoms with Crippen molar-refractivity contribution in [2.45, 2.75) is 84.0 Å². The topological polar surface area (TPSA) is 169 Å². The first kappa shape index (κ1) is 38.5. The van der Waals surface area contributed by atoms with Gasteiger partial charge in [-0.25, -0.2) is 9.50 Å². The average Bonchev–Trinajstić information content (AvgIpc) is 3.89. The zero-order chi connectivity index (χ0) is 40.4. The Morgan fingerprint density at radius 1 is 0.948 bits per heavy atom. The number of aromatic nitrogens is 5. The molecule has 0 radical (unpaired) electrons. The van der Waals surface area contributed by atoms with E-state index in [1.165, 1.54) is 5.56 Å². The number of fused-ring (bicyclic) bond motifs is 1. The Balaban J connectivity index is 0.838. The molecule has 3 N–H and O–H groups in total. The maximum absolute atomic E-state index is 12.7. The van der Waals surface area contributed by atoms with Gasteiger partial charge in [0.2, 0.25) is 17.7 Å². The molecule has 1 unspecified atom stereocenters. The summed E-state index contributed by atoms with van der Waals surface area (Å²) in [5, 5.41) is 16.8. The van der Waals surface area contributed by atoms with Crippen molar-refractivity contribution in [2.75, 3.05) is 18.4 Å². The molecule has 14 nitrogen and oxygen atoms in total. The predicted molar refractivity (Wildman–Crippen MR) is 218 cm³/mol. The Morgan fingerprint density at radius 3 is 2.41 bits per heavy atom. The maximum atomic E-state index is 12.7. The van der Waals surface area contributed by atoms with Crippen LogP contribution in [0.3, 0.4) is 0 Å². The molecule has 14 heteroatoms. The maximum Gasteiger partial charge on any atom is 0.292 e. The van der Waals surface area contributed by atoms with Gasteiger partial charge < -0.3 is 19.9 Å². The van der Waals surface area contributed by atoms with E-state index in [9.17, 15) is 14.4 Å². The van der Waals surface area contributed by atoms with Crippen LogP contribution in [-0.2, 0) is 28.1 Å². The van der Waals surface area contributed by atoms with E-state index in [-0.39, 0.29) is 35.1 Å². The molecule has 3 amide bonds. The molecule has 0 spiro atoms. The van der Waals surface area contributed by atoms with Crippen LogP contribution in [0.5, 0.6) is 5.75 Å². The second-order valence-corrected chi connectivity index (χ2v) is 16.1. The van der Waals surface area contributed by atoms with Gasteiger partial charge in [-0.1, -0.05) is 62.3 Å². The molecule has 2 aliphatic rings. The highest BCUT2D eigenvalue weighted by Crippen LogP contribution is 2.30. The van der Waals surface area contributed by atoms with Gasteiger partial charge >= 0.3 is 0 Å². The van der Waals surface area contributed by atoms with E-state index in [0.717, 1.165) is 82.9 Å². The van der Waals surface area contributed by atoms with E-state index < -0.39 is 6.04 Å². The first-order valence-corrected chi connectivity index (χ1v) is 19.7. The SMILES string of the molecule is Cc1cc(-c2ncnn3cc(-c4ccc(CN5CCC(Oc6ccc(NC7CCC(=O)NC7=O)cc6)CC5)cc4)cc23)ccc1CNC(=O)c1noc(C(C)(C)C)n1. The normalized spacial score (nSPS) is 16.7. The molecule has 6 aromatic rings. The lowest BCUT2D eigenvalue weighted by Gasteiger charge is -2.32. The fraction of sp³-hybridized carbons (Fsp3) is 0.341. The number of aryl methyl sites for hydroxylation is 1. The minimum Gasteiger partial charge on any atom is -0.490 e. The third-order valence-electron chi connectivity index (χ3n) is 10.7. The second kappa shape index (κ2) is 16.2. The molecule has 5 heterocycles. The third-order valence-corrected chi connectivity index (χ3v) is 10.7. The number of nitrogens with one attached hydrogen (secondary N) is 3. The van der Waals surface area contributed by atoms with Crippen molar-refractivity contribution < 1.29 is 23.6 Å². The van der Waals surface area contributed by atoms with E-state index in [1.807, 2.05) is 74.8 Å². The molecule has 298 valence electrons. The molecule has 3 aromatic heterocycles. The predicted octanol–water partition coefficient (Wildman–Crippen LogP) is 6.24. The summed E-state index contributed by atoms with van der Waals surface area (Å²) in [6.45, 7) is 11.0. The standard InChI is InChI=1S/C44H47N9O5/c1-27-21-30(9-10-31(27)23-45-42(56)40-50-43(58-51-40)44(2,3)4)39-37-22-32(25-53(37)47-26-46-39)29-7-5-28(6-8-29)24-52-19-17-35(18-20-52)57-34-13-11-33(12-14-34)48-36-15-16-38(54)49-41(36)55/h5-14,21-22,25-26,35-36,48H,15-20,23-24H2,1-4H3,(H,45,56)(H,49,54,55). The van der Waals surface area contributed by atoms with Crippen LogP contribution >= 0.6 is 0 Å². The summed E-state index contributed by atoms with van der Waals surface area (Å²) in [4.78, 5) is 47.6. The summed E-state index contributed by atoms with van der Waals surface area (Å²) in [5.74, 6) is 0.358. The highest BCUT2D eigenvalue weighted by Gasteiger charge is 2.27. The third kappa shape index (κ3) is 8.76. The molecule has 2 saturated heterocycles. The van der Waals surface area contributed by atoms with Gasteiger partial charge in [0.05, 0.1) is 11.2 Å². The van der Waals surface area contributed by atoms with Crippen LogP contribution in [0.2, 0.25) is 0 Å². The van der Waals surface area contributed by atoms with E-state index in [2.05, 4.69) is 77.5 Å². The van der Waals surface area contributed by atoms with Crippen molar-refractivity contribution in [1.29, 1.82) is 0 Å². The molecule has 0 saturated carbocycles. The number of anilines is 1. The van der Waals surface area contributed by atoms with Crippen molar-refractivity contribution in [3.05, 3.63) is 114 Å². The molecule has 8 rings (SSSR count). The Hall–Kier alpha value is -6.41. The second-order valence-electron chi connectivity index (χ2n) is 16.1. The van der Waals surface area contributed by atoms with Crippen LogP contribution in [0.25, 0.3) is 27.9 Å². The number of amides is 3. The molecule has 3 aromatic carbocycles. The van der Waals surface area contributed by atoms with Gasteiger partial charge in [0.25, 0.3) is 11.7 Å². The molecule has 0 bridgehead atoms. The first-order valence-electron chi connectivity index (χ1n) is 19.7. The Bertz CT molecular complexity index is 2440. The number of carbonyl (C=O) groups excluding carboxylic acids is 3. The van der Waals surface area contributed by atoms with Crippen LogP contribution < -0.4 is 20.7 Å². The van der Waals surface area contributed by atoms with Gasteiger partial charge in [-0.2, -0.15) is 10.1 Å². The lowest BCUT2D eigenvalue weighted by Crippen LogP contribution is -2.47. The van der Waals surface area contributed by atoms with E-state index in [0.29, 0.717) is 25.3 Å². The van der Waals surface area contributed by atoms with Gasteiger partial charge in [-0.15, -0.1) is 0 Å². The average molecular weight is 782 g/mol. The Labute approximate surface area is 336 Å². The lowest BCUT2D eigenvalue weighted by molar-refractivity contribution is -0.133. The molecular weight excluding hydrogens is 735 g/mol. The number of piperidine rings is 2. The fourth-order valence-electron chi connectivity index (χ4n) is 7.33. The molecule has 1 atom stereocenters. The number of rotatable bonds is 11. The van der Waals surface area contributed by atoms with Crippen LogP contribution in [-0.4, -0.2) is 72.6 Å².